The van der Waals surface area contributed by atoms with Crippen LogP contribution in [0.25, 0.3) is 0 Å². The van der Waals surface area contributed by atoms with Gasteiger partial charge in [0.25, 0.3) is 0 Å². The van der Waals surface area contributed by atoms with Crippen molar-refractivity contribution in [1.82, 2.24) is 5.32 Å². The van der Waals surface area contributed by atoms with Crippen LogP contribution in [0.2, 0.25) is 5.02 Å². The molecule has 0 saturated heterocycles. The van der Waals surface area contributed by atoms with Crippen molar-refractivity contribution in [2.24, 2.45) is 0 Å². The average molecular weight is 441 g/mol. The fourth-order valence-electron chi connectivity index (χ4n) is 2.80. The first-order valence-corrected chi connectivity index (χ1v) is 11.1. The van der Waals surface area contributed by atoms with Crippen molar-refractivity contribution >= 4 is 33.2 Å². The van der Waals surface area contributed by atoms with Gasteiger partial charge in [0.1, 0.15) is 24.7 Å². The van der Waals surface area contributed by atoms with Crippen molar-refractivity contribution in [2.75, 3.05) is 37.4 Å². The third-order valence-electron chi connectivity index (χ3n) is 3.99. The van der Waals surface area contributed by atoms with Crippen LogP contribution in [0, 0.1) is 13.8 Å². The molecule has 0 fully saturated rings. The van der Waals surface area contributed by atoms with E-state index in [2.05, 4.69) is 5.32 Å². The van der Waals surface area contributed by atoms with E-state index in [4.69, 9.17) is 21.1 Å². The third-order valence-corrected chi connectivity index (χ3v) is 5.35. The molecule has 0 saturated carbocycles. The van der Waals surface area contributed by atoms with Gasteiger partial charge in [-0.25, -0.2) is 8.42 Å². The monoisotopic (exact) mass is 440 g/mol. The first kappa shape index (κ1) is 22.8. The Hall–Kier alpha value is -2.45. The van der Waals surface area contributed by atoms with E-state index in [-0.39, 0.29) is 18.8 Å². The van der Waals surface area contributed by atoms with Gasteiger partial charge in [-0.2, -0.15) is 0 Å². The summed E-state index contributed by atoms with van der Waals surface area (Å²) in [5, 5.41) is 2.99. The molecule has 0 aliphatic rings. The van der Waals surface area contributed by atoms with E-state index in [1.807, 2.05) is 32.0 Å². The standard InChI is InChI=1S/C20H25ClN2O5S/c1-14-9-15(2)11-17(10-14)28-8-7-22-20(24)13-23(29(4,25)26)18-12-16(21)5-6-19(18)27-3/h5-6,9-12H,7-8,13H2,1-4H3,(H,22,24). The molecule has 29 heavy (non-hydrogen) atoms. The number of hydrogen-bond donors (Lipinski definition) is 1. The van der Waals surface area contributed by atoms with Gasteiger partial charge in [-0.3, -0.25) is 9.10 Å². The topological polar surface area (TPSA) is 84.9 Å². The van der Waals surface area contributed by atoms with Crippen molar-refractivity contribution in [3.63, 3.8) is 0 Å². The molecular formula is C20H25ClN2O5S. The smallest absolute Gasteiger partial charge is 0.240 e. The van der Waals surface area contributed by atoms with Crippen LogP contribution in [0.3, 0.4) is 0 Å². The Kier molecular flexibility index (Phi) is 7.75. The molecule has 0 unspecified atom stereocenters. The molecule has 1 amide bonds. The van der Waals surface area contributed by atoms with Crippen molar-refractivity contribution < 1.29 is 22.7 Å². The van der Waals surface area contributed by atoms with Crippen LogP contribution < -0.4 is 19.1 Å². The van der Waals surface area contributed by atoms with E-state index >= 15 is 0 Å². The number of nitrogens with zero attached hydrogens (tertiary/aromatic N) is 1. The zero-order valence-electron chi connectivity index (χ0n) is 16.9. The molecule has 2 aromatic carbocycles. The first-order chi connectivity index (χ1) is 13.6. The summed E-state index contributed by atoms with van der Waals surface area (Å²) in [7, 11) is -2.33. The predicted molar refractivity (Wildman–Crippen MR) is 115 cm³/mol. The number of ether oxygens (including phenoxy) is 2. The fraction of sp³-hybridized carbons (Fsp3) is 0.350. The Balaban J connectivity index is 2.00. The SMILES string of the molecule is COc1ccc(Cl)cc1N(CC(=O)NCCOc1cc(C)cc(C)c1)S(C)(=O)=O. The maximum absolute atomic E-state index is 12.3. The van der Waals surface area contributed by atoms with E-state index in [1.165, 1.54) is 13.2 Å². The largest absolute Gasteiger partial charge is 0.495 e. The normalized spacial score (nSPS) is 11.1. The van der Waals surface area contributed by atoms with Crippen LogP contribution in [0.5, 0.6) is 11.5 Å². The number of hydrogen-bond acceptors (Lipinski definition) is 5. The highest BCUT2D eigenvalue weighted by Gasteiger charge is 2.24. The van der Waals surface area contributed by atoms with Gasteiger partial charge in [0, 0.05) is 5.02 Å². The maximum atomic E-state index is 12.3. The number of aryl methyl sites for hydroxylation is 2. The summed E-state index contributed by atoms with van der Waals surface area (Å²) in [6.07, 6.45) is 1.02. The van der Waals surface area contributed by atoms with Gasteiger partial charge in [0.05, 0.1) is 25.6 Å². The minimum atomic E-state index is -3.74. The lowest BCUT2D eigenvalue weighted by Crippen LogP contribution is -2.41. The number of rotatable bonds is 9. The number of halogens is 1. The van der Waals surface area contributed by atoms with Crippen molar-refractivity contribution in [3.05, 3.63) is 52.5 Å². The lowest BCUT2D eigenvalue weighted by atomic mass is 10.1. The molecule has 0 radical (unpaired) electrons. The van der Waals surface area contributed by atoms with Crippen LogP contribution in [0.1, 0.15) is 11.1 Å². The van der Waals surface area contributed by atoms with Gasteiger partial charge < -0.3 is 14.8 Å². The first-order valence-electron chi connectivity index (χ1n) is 8.89. The molecule has 0 bridgehead atoms. The number of amides is 1. The minimum Gasteiger partial charge on any atom is -0.495 e. The average Bonchev–Trinajstić information content (AvgIpc) is 2.61. The molecule has 0 aliphatic heterocycles. The Morgan fingerprint density at radius 3 is 2.38 bits per heavy atom. The van der Waals surface area contributed by atoms with Crippen LogP contribution in [0.15, 0.2) is 36.4 Å². The molecule has 158 valence electrons. The van der Waals surface area contributed by atoms with Crippen LogP contribution in [-0.4, -0.2) is 47.4 Å². The van der Waals surface area contributed by atoms with Crippen LogP contribution in [-0.2, 0) is 14.8 Å². The second kappa shape index (κ2) is 9.84. The fourth-order valence-corrected chi connectivity index (χ4v) is 3.82. The molecule has 0 aromatic heterocycles. The number of benzene rings is 2. The number of sulfonamides is 1. The summed E-state index contributed by atoms with van der Waals surface area (Å²) in [5.41, 5.74) is 2.37. The number of methoxy groups -OCH3 is 1. The zero-order chi connectivity index (χ0) is 21.6. The number of nitrogens with one attached hydrogen (secondary N) is 1. The van der Waals surface area contributed by atoms with Crippen LogP contribution >= 0.6 is 11.6 Å². The number of carbonyl (C=O) groups is 1. The minimum absolute atomic E-state index is 0.198. The molecule has 1 N–H and O–H groups in total. The molecule has 9 heteroatoms. The van der Waals surface area contributed by atoms with Gasteiger partial charge in [-0.15, -0.1) is 0 Å². The summed E-state index contributed by atoms with van der Waals surface area (Å²) in [6.45, 7) is 4.04. The summed E-state index contributed by atoms with van der Waals surface area (Å²) in [5.74, 6) is 0.547. The summed E-state index contributed by atoms with van der Waals surface area (Å²) < 4.78 is 36.3. The quantitative estimate of drug-likeness (QED) is 0.606. The second-order valence-electron chi connectivity index (χ2n) is 6.61. The lowest BCUT2D eigenvalue weighted by molar-refractivity contribution is -0.119. The second-order valence-corrected chi connectivity index (χ2v) is 8.95. The molecule has 0 spiro atoms. The zero-order valence-corrected chi connectivity index (χ0v) is 18.4. The van der Waals surface area contributed by atoms with Crippen molar-refractivity contribution in [2.45, 2.75) is 13.8 Å². The van der Waals surface area contributed by atoms with E-state index in [0.29, 0.717) is 10.8 Å². The van der Waals surface area contributed by atoms with E-state index in [9.17, 15) is 13.2 Å². The highest BCUT2D eigenvalue weighted by molar-refractivity contribution is 7.92. The predicted octanol–water partition coefficient (Wildman–Crippen LogP) is 2.93. The molecule has 0 aliphatic carbocycles. The van der Waals surface area contributed by atoms with Gasteiger partial charge in [0.15, 0.2) is 0 Å². The summed E-state index contributed by atoms with van der Waals surface area (Å²) >= 11 is 5.99. The lowest BCUT2D eigenvalue weighted by Gasteiger charge is -2.24. The van der Waals surface area contributed by atoms with Gasteiger partial charge in [-0.05, 0) is 55.3 Å². The molecule has 0 atom stereocenters. The molecular weight excluding hydrogens is 416 g/mol. The maximum Gasteiger partial charge on any atom is 0.240 e. The Labute approximate surface area is 176 Å². The highest BCUT2D eigenvalue weighted by Crippen LogP contribution is 2.32. The van der Waals surface area contributed by atoms with E-state index in [0.717, 1.165) is 27.4 Å². The Morgan fingerprint density at radius 2 is 1.79 bits per heavy atom. The summed E-state index contributed by atoms with van der Waals surface area (Å²) in [6, 6.07) is 10.4. The van der Waals surface area contributed by atoms with Gasteiger partial charge >= 0.3 is 0 Å². The molecule has 7 nitrogen and oxygen atoms in total. The number of carbonyl (C=O) groups excluding carboxylic acids is 1. The van der Waals surface area contributed by atoms with Gasteiger partial charge in [-0.1, -0.05) is 17.7 Å². The van der Waals surface area contributed by atoms with Gasteiger partial charge in [0.2, 0.25) is 15.9 Å². The Morgan fingerprint density at radius 1 is 1.14 bits per heavy atom. The van der Waals surface area contributed by atoms with E-state index < -0.39 is 22.5 Å². The highest BCUT2D eigenvalue weighted by atomic mass is 35.5. The number of anilines is 1. The van der Waals surface area contributed by atoms with Crippen molar-refractivity contribution in [1.29, 1.82) is 0 Å². The van der Waals surface area contributed by atoms with Crippen molar-refractivity contribution in [3.8, 4) is 11.5 Å². The molecule has 2 rings (SSSR count). The Bertz CT molecular complexity index is 959. The van der Waals surface area contributed by atoms with E-state index in [1.54, 1.807) is 12.1 Å². The molecule has 2 aromatic rings. The van der Waals surface area contributed by atoms with Crippen LogP contribution in [0.4, 0.5) is 5.69 Å². The third kappa shape index (κ3) is 6.83. The summed E-state index contributed by atoms with van der Waals surface area (Å²) in [4.78, 5) is 12.3. The molecule has 0 heterocycles.